The molecule has 1 amide bonds. The predicted octanol–water partition coefficient (Wildman–Crippen LogP) is 1.83. The normalized spacial score (nSPS) is 16.9. The molecule has 2 rings (SSSR count). The number of hydrogen-bond acceptors (Lipinski definition) is 4. The van der Waals surface area contributed by atoms with Crippen LogP contribution < -0.4 is 0 Å². The van der Waals surface area contributed by atoms with Crippen LogP contribution in [0.3, 0.4) is 0 Å². The average molecular weight is 400 g/mol. The van der Waals surface area contributed by atoms with Crippen molar-refractivity contribution < 1.29 is 13.2 Å². The largest absolute Gasteiger partial charge is 0.339 e. The first-order chi connectivity index (χ1) is 10.7. The molecule has 23 heavy (non-hydrogen) atoms. The molecule has 0 atom stereocenters. The minimum Gasteiger partial charge on any atom is -0.339 e. The van der Waals surface area contributed by atoms with Crippen LogP contribution in [0.4, 0.5) is 0 Å². The summed E-state index contributed by atoms with van der Waals surface area (Å²) in [6.07, 6.45) is 0. The molecule has 0 unspecified atom stereocenters. The Labute approximate surface area is 144 Å². The van der Waals surface area contributed by atoms with E-state index in [0.29, 0.717) is 13.1 Å². The smallest absolute Gasteiger partial charge is 0.243 e. The van der Waals surface area contributed by atoms with Gasteiger partial charge in [0, 0.05) is 30.7 Å². The number of nitriles is 1. The molecule has 1 saturated heterocycles. The molecule has 1 aromatic rings. The molecule has 0 spiro atoms. The lowest BCUT2D eigenvalue weighted by molar-refractivity contribution is -0.138. The van der Waals surface area contributed by atoms with Crippen LogP contribution >= 0.6 is 15.9 Å². The van der Waals surface area contributed by atoms with Gasteiger partial charge in [-0.2, -0.15) is 9.57 Å². The van der Waals surface area contributed by atoms with Crippen LogP contribution in [0, 0.1) is 16.7 Å². The summed E-state index contributed by atoms with van der Waals surface area (Å²) in [6, 6.07) is 8.45. The van der Waals surface area contributed by atoms with Gasteiger partial charge in [0.15, 0.2) is 0 Å². The van der Waals surface area contributed by atoms with Gasteiger partial charge in [-0.15, -0.1) is 0 Å². The molecular weight excluding hydrogens is 382 g/mol. The number of carbonyl (C=O) groups is 1. The Hall–Kier alpha value is -1.43. The van der Waals surface area contributed by atoms with Crippen LogP contribution in [-0.2, 0) is 14.8 Å². The van der Waals surface area contributed by atoms with Crippen LogP contribution in [0.1, 0.15) is 13.8 Å². The molecule has 0 radical (unpaired) electrons. The Morgan fingerprint density at radius 1 is 1.17 bits per heavy atom. The SMILES string of the molecule is CC(C)(C#N)C(=O)N1CCN(S(=O)(=O)c2ccc(Br)cc2)CC1. The highest BCUT2D eigenvalue weighted by atomic mass is 79.9. The summed E-state index contributed by atoms with van der Waals surface area (Å²) in [5.41, 5.74) is -1.09. The zero-order valence-electron chi connectivity index (χ0n) is 13.0. The Balaban J connectivity index is 2.09. The second-order valence-electron chi connectivity index (χ2n) is 5.89. The standard InChI is InChI=1S/C15H18BrN3O3S/c1-15(2,11-17)14(20)18-7-9-19(10-8-18)23(21,22)13-5-3-12(16)4-6-13/h3-6H,7-10H2,1-2H3. The highest BCUT2D eigenvalue weighted by Crippen LogP contribution is 2.22. The van der Waals surface area contributed by atoms with E-state index in [0.717, 1.165) is 4.47 Å². The maximum atomic E-state index is 12.6. The first-order valence-corrected chi connectivity index (χ1v) is 9.38. The van der Waals surface area contributed by atoms with Gasteiger partial charge in [-0.1, -0.05) is 15.9 Å². The average Bonchev–Trinajstić information content (AvgIpc) is 2.54. The topological polar surface area (TPSA) is 81.5 Å². The lowest BCUT2D eigenvalue weighted by Gasteiger charge is -2.36. The van der Waals surface area contributed by atoms with E-state index in [9.17, 15) is 13.2 Å². The molecule has 1 aliphatic rings. The Kier molecular flexibility index (Phi) is 5.14. The summed E-state index contributed by atoms with van der Waals surface area (Å²) in [5, 5.41) is 9.04. The first-order valence-electron chi connectivity index (χ1n) is 7.15. The molecule has 8 heteroatoms. The van der Waals surface area contributed by atoms with Gasteiger partial charge in [-0.05, 0) is 38.1 Å². The van der Waals surface area contributed by atoms with E-state index < -0.39 is 15.4 Å². The number of benzene rings is 1. The van der Waals surface area contributed by atoms with Gasteiger partial charge >= 0.3 is 0 Å². The zero-order chi connectivity index (χ0) is 17.3. The fourth-order valence-electron chi connectivity index (χ4n) is 2.33. The first kappa shape index (κ1) is 17.9. The number of carbonyl (C=O) groups excluding carboxylic acids is 1. The monoisotopic (exact) mass is 399 g/mol. The molecule has 124 valence electrons. The lowest BCUT2D eigenvalue weighted by atomic mass is 9.93. The van der Waals surface area contributed by atoms with Crippen molar-refractivity contribution in [2.24, 2.45) is 5.41 Å². The molecule has 0 aromatic heterocycles. The molecule has 1 heterocycles. The summed E-state index contributed by atoms with van der Waals surface area (Å²) in [6.45, 7) is 4.18. The number of amides is 1. The zero-order valence-corrected chi connectivity index (χ0v) is 15.4. The van der Waals surface area contributed by atoms with Crippen molar-refractivity contribution in [3.05, 3.63) is 28.7 Å². The van der Waals surface area contributed by atoms with Gasteiger partial charge in [0.2, 0.25) is 15.9 Å². The van der Waals surface area contributed by atoms with Crippen molar-refractivity contribution in [1.29, 1.82) is 5.26 Å². The number of hydrogen-bond donors (Lipinski definition) is 0. The predicted molar refractivity (Wildman–Crippen MR) is 88.9 cm³/mol. The maximum absolute atomic E-state index is 12.6. The molecule has 1 aromatic carbocycles. The van der Waals surface area contributed by atoms with E-state index in [1.807, 2.05) is 6.07 Å². The summed E-state index contributed by atoms with van der Waals surface area (Å²) in [5.74, 6) is -0.263. The third-order valence-electron chi connectivity index (χ3n) is 3.79. The summed E-state index contributed by atoms with van der Waals surface area (Å²) in [7, 11) is -3.56. The van der Waals surface area contributed by atoms with Crippen molar-refractivity contribution in [3.63, 3.8) is 0 Å². The Morgan fingerprint density at radius 2 is 1.70 bits per heavy atom. The third-order valence-corrected chi connectivity index (χ3v) is 6.23. The fourth-order valence-corrected chi connectivity index (χ4v) is 4.02. The van der Waals surface area contributed by atoms with E-state index >= 15 is 0 Å². The molecule has 0 N–H and O–H groups in total. The van der Waals surface area contributed by atoms with E-state index in [4.69, 9.17) is 5.26 Å². The van der Waals surface area contributed by atoms with Gasteiger partial charge in [0.05, 0.1) is 11.0 Å². The van der Waals surface area contributed by atoms with E-state index in [-0.39, 0.29) is 23.9 Å². The number of piperazine rings is 1. The Bertz CT molecular complexity index is 730. The van der Waals surface area contributed by atoms with Gasteiger partial charge < -0.3 is 4.90 Å². The Morgan fingerprint density at radius 3 is 2.17 bits per heavy atom. The fraction of sp³-hybridized carbons (Fsp3) is 0.467. The van der Waals surface area contributed by atoms with Crippen LogP contribution in [-0.4, -0.2) is 49.7 Å². The second-order valence-corrected chi connectivity index (χ2v) is 8.74. The van der Waals surface area contributed by atoms with E-state index in [2.05, 4.69) is 15.9 Å². The van der Waals surface area contributed by atoms with Crippen LogP contribution in [0.25, 0.3) is 0 Å². The third kappa shape index (κ3) is 3.74. The van der Waals surface area contributed by atoms with E-state index in [1.165, 1.54) is 4.31 Å². The molecule has 0 bridgehead atoms. The minimum atomic E-state index is -3.56. The minimum absolute atomic E-state index is 0.228. The highest BCUT2D eigenvalue weighted by molar-refractivity contribution is 9.10. The van der Waals surface area contributed by atoms with Crippen LogP contribution in [0.5, 0.6) is 0 Å². The molecule has 0 saturated carbocycles. The number of rotatable bonds is 3. The molecule has 1 fully saturated rings. The quantitative estimate of drug-likeness (QED) is 0.775. The molecule has 6 nitrogen and oxygen atoms in total. The van der Waals surface area contributed by atoms with Gasteiger partial charge in [-0.25, -0.2) is 8.42 Å². The number of nitrogens with zero attached hydrogens (tertiary/aromatic N) is 3. The summed E-state index contributed by atoms with van der Waals surface area (Å²) >= 11 is 3.28. The van der Waals surface area contributed by atoms with Crippen LogP contribution in [0.15, 0.2) is 33.6 Å². The molecular formula is C15H18BrN3O3S. The van der Waals surface area contributed by atoms with Crippen molar-refractivity contribution in [3.8, 4) is 6.07 Å². The van der Waals surface area contributed by atoms with Crippen molar-refractivity contribution >= 4 is 31.9 Å². The van der Waals surface area contributed by atoms with Crippen molar-refractivity contribution in [2.75, 3.05) is 26.2 Å². The molecule has 0 aliphatic carbocycles. The van der Waals surface area contributed by atoms with Gasteiger partial charge in [0.25, 0.3) is 0 Å². The van der Waals surface area contributed by atoms with E-state index in [1.54, 1.807) is 43.0 Å². The van der Waals surface area contributed by atoms with Gasteiger partial charge in [0.1, 0.15) is 5.41 Å². The summed E-state index contributed by atoms with van der Waals surface area (Å²) < 4.78 is 27.4. The number of sulfonamides is 1. The lowest BCUT2D eigenvalue weighted by Crippen LogP contribution is -2.53. The van der Waals surface area contributed by atoms with Gasteiger partial charge in [-0.3, -0.25) is 4.79 Å². The van der Waals surface area contributed by atoms with Crippen LogP contribution in [0.2, 0.25) is 0 Å². The molecule has 1 aliphatic heterocycles. The number of halogens is 1. The summed E-state index contributed by atoms with van der Waals surface area (Å²) in [4.78, 5) is 14.0. The maximum Gasteiger partial charge on any atom is 0.243 e. The highest BCUT2D eigenvalue weighted by Gasteiger charge is 2.36. The van der Waals surface area contributed by atoms with Crippen molar-refractivity contribution in [1.82, 2.24) is 9.21 Å². The second kappa shape index (κ2) is 6.59. The van der Waals surface area contributed by atoms with Crippen molar-refractivity contribution in [2.45, 2.75) is 18.7 Å².